The number of aryl methyl sites for hydroxylation is 1. The molecule has 1 heterocycles. The van der Waals surface area contributed by atoms with Gasteiger partial charge >= 0.3 is 5.97 Å². The second-order valence-electron chi connectivity index (χ2n) is 5.25. The SMILES string of the molecule is Cn1cc(C(=O)C2CC2c2ccccc2)cc1C(=O)O. The predicted octanol–water partition coefficient (Wildman–Crippen LogP) is 2.71. The van der Waals surface area contributed by atoms with Gasteiger partial charge in [0.2, 0.25) is 0 Å². The zero-order valence-corrected chi connectivity index (χ0v) is 11.1. The highest BCUT2D eigenvalue weighted by Crippen LogP contribution is 2.49. The van der Waals surface area contributed by atoms with Crippen molar-refractivity contribution in [2.45, 2.75) is 12.3 Å². The molecule has 4 nitrogen and oxygen atoms in total. The molecule has 102 valence electrons. The fourth-order valence-electron chi connectivity index (χ4n) is 2.68. The first-order valence-electron chi connectivity index (χ1n) is 6.56. The van der Waals surface area contributed by atoms with Crippen molar-refractivity contribution < 1.29 is 14.7 Å². The molecule has 0 amide bonds. The summed E-state index contributed by atoms with van der Waals surface area (Å²) in [7, 11) is 1.64. The van der Waals surface area contributed by atoms with Crippen LogP contribution in [-0.2, 0) is 7.05 Å². The third-order valence-electron chi connectivity index (χ3n) is 3.86. The first-order valence-corrected chi connectivity index (χ1v) is 6.56. The Kier molecular flexibility index (Phi) is 2.93. The number of carboxylic acid groups (broad SMARTS) is 1. The minimum atomic E-state index is -1.01. The van der Waals surface area contributed by atoms with Crippen LogP contribution in [0.2, 0.25) is 0 Å². The van der Waals surface area contributed by atoms with Crippen LogP contribution in [0.4, 0.5) is 0 Å². The van der Waals surface area contributed by atoms with Crippen molar-refractivity contribution in [3.8, 4) is 0 Å². The minimum Gasteiger partial charge on any atom is -0.477 e. The highest BCUT2D eigenvalue weighted by molar-refractivity contribution is 6.02. The van der Waals surface area contributed by atoms with Gasteiger partial charge in [-0.3, -0.25) is 4.79 Å². The molecule has 1 aromatic heterocycles. The molecular weight excluding hydrogens is 254 g/mol. The lowest BCUT2D eigenvalue weighted by atomic mass is 10.0. The summed E-state index contributed by atoms with van der Waals surface area (Å²) in [6.45, 7) is 0. The van der Waals surface area contributed by atoms with E-state index < -0.39 is 5.97 Å². The number of rotatable bonds is 4. The summed E-state index contributed by atoms with van der Waals surface area (Å²) in [5, 5.41) is 9.01. The maximum absolute atomic E-state index is 12.4. The summed E-state index contributed by atoms with van der Waals surface area (Å²) >= 11 is 0. The quantitative estimate of drug-likeness (QED) is 0.868. The van der Waals surface area contributed by atoms with Crippen molar-refractivity contribution in [2.75, 3.05) is 0 Å². The van der Waals surface area contributed by atoms with Gasteiger partial charge in [-0.1, -0.05) is 30.3 Å². The van der Waals surface area contributed by atoms with Crippen LogP contribution in [-0.4, -0.2) is 21.4 Å². The van der Waals surface area contributed by atoms with Gasteiger partial charge in [0, 0.05) is 24.7 Å². The second-order valence-corrected chi connectivity index (χ2v) is 5.25. The van der Waals surface area contributed by atoms with Gasteiger partial charge in [0.1, 0.15) is 5.69 Å². The number of Topliss-reactive ketones (excluding diaryl/α,β-unsaturated/α-hetero) is 1. The molecule has 1 saturated carbocycles. The normalized spacial score (nSPS) is 20.6. The summed E-state index contributed by atoms with van der Waals surface area (Å²) in [5.74, 6) is -0.706. The molecule has 0 radical (unpaired) electrons. The molecule has 1 fully saturated rings. The summed E-state index contributed by atoms with van der Waals surface area (Å²) < 4.78 is 1.48. The maximum atomic E-state index is 12.4. The van der Waals surface area contributed by atoms with Gasteiger partial charge in [-0.2, -0.15) is 0 Å². The Labute approximate surface area is 116 Å². The first-order chi connectivity index (χ1) is 9.58. The van der Waals surface area contributed by atoms with E-state index in [-0.39, 0.29) is 23.3 Å². The minimum absolute atomic E-state index is 0.0126. The lowest BCUT2D eigenvalue weighted by Gasteiger charge is -1.98. The van der Waals surface area contributed by atoms with E-state index in [2.05, 4.69) is 0 Å². The highest BCUT2D eigenvalue weighted by atomic mass is 16.4. The number of benzene rings is 1. The summed E-state index contributed by atoms with van der Waals surface area (Å²) in [6, 6.07) is 11.4. The molecule has 1 aliphatic carbocycles. The van der Waals surface area contributed by atoms with E-state index in [1.54, 1.807) is 13.2 Å². The molecule has 1 aliphatic rings. The molecule has 3 rings (SSSR count). The van der Waals surface area contributed by atoms with E-state index in [0.717, 1.165) is 6.42 Å². The third-order valence-corrected chi connectivity index (χ3v) is 3.86. The highest BCUT2D eigenvalue weighted by Gasteiger charge is 2.44. The number of hydrogen-bond donors (Lipinski definition) is 1. The van der Waals surface area contributed by atoms with Gasteiger partial charge in [0.15, 0.2) is 5.78 Å². The summed E-state index contributed by atoms with van der Waals surface area (Å²) in [4.78, 5) is 23.4. The van der Waals surface area contributed by atoms with Crippen LogP contribution in [0.15, 0.2) is 42.6 Å². The van der Waals surface area contributed by atoms with Gasteiger partial charge in [0.25, 0.3) is 0 Å². The molecule has 0 spiro atoms. The van der Waals surface area contributed by atoms with Gasteiger partial charge in [-0.25, -0.2) is 4.79 Å². The molecular formula is C16H15NO3. The molecule has 2 aromatic rings. The van der Waals surface area contributed by atoms with Crippen LogP contribution in [0.25, 0.3) is 0 Å². The fraction of sp³-hybridized carbons (Fsp3) is 0.250. The number of aromatic nitrogens is 1. The second kappa shape index (κ2) is 4.63. The van der Waals surface area contributed by atoms with Gasteiger partial charge in [-0.05, 0) is 24.0 Å². The van der Waals surface area contributed by atoms with Crippen molar-refractivity contribution in [2.24, 2.45) is 13.0 Å². The molecule has 1 N–H and O–H groups in total. The number of carbonyl (C=O) groups is 2. The molecule has 0 bridgehead atoms. The molecule has 0 saturated heterocycles. The van der Waals surface area contributed by atoms with Gasteiger partial charge in [-0.15, -0.1) is 0 Å². The lowest BCUT2D eigenvalue weighted by molar-refractivity contribution is 0.0686. The molecule has 4 heteroatoms. The summed E-state index contributed by atoms with van der Waals surface area (Å²) in [5.41, 5.74) is 1.82. The van der Waals surface area contributed by atoms with Gasteiger partial charge in [0.05, 0.1) is 0 Å². The Morgan fingerprint density at radius 1 is 1.25 bits per heavy atom. The number of aromatic carboxylic acids is 1. The topological polar surface area (TPSA) is 59.3 Å². The van der Waals surface area contributed by atoms with E-state index >= 15 is 0 Å². The van der Waals surface area contributed by atoms with Crippen LogP contribution in [0.5, 0.6) is 0 Å². The molecule has 2 atom stereocenters. The Morgan fingerprint density at radius 2 is 1.95 bits per heavy atom. The van der Waals surface area contributed by atoms with Crippen molar-refractivity contribution in [1.82, 2.24) is 4.57 Å². The number of ketones is 1. The Hall–Kier alpha value is -2.36. The van der Waals surface area contributed by atoms with Crippen LogP contribution in [0, 0.1) is 5.92 Å². The summed E-state index contributed by atoms with van der Waals surface area (Å²) in [6.07, 6.45) is 2.45. The Morgan fingerprint density at radius 3 is 2.55 bits per heavy atom. The van der Waals surface area contributed by atoms with E-state index in [4.69, 9.17) is 5.11 Å². The third kappa shape index (κ3) is 2.13. The standard InChI is InChI=1S/C16H15NO3/c1-17-9-11(7-14(17)16(19)20)15(18)13-8-12(13)10-5-3-2-4-6-10/h2-7,9,12-13H,8H2,1H3,(H,19,20). The van der Waals surface area contributed by atoms with Crippen molar-refractivity contribution in [3.63, 3.8) is 0 Å². The number of hydrogen-bond acceptors (Lipinski definition) is 2. The van der Waals surface area contributed by atoms with Crippen LogP contribution < -0.4 is 0 Å². The predicted molar refractivity (Wildman–Crippen MR) is 74.0 cm³/mol. The maximum Gasteiger partial charge on any atom is 0.352 e. The largest absolute Gasteiger partial charge is 0.477 e. The van der Waals surface area contributed by atoms with Crippen molar-refractivity contribution in [3.05, 3.63) is 59.4 Å². The van der Waals surface area contributed by atoms with E-state index in [0.29, 0.717) is 5.56 Å². The zero-order chi connectivity index (χ0) is 14.3. The molecule has 1 aromatic carbocycles. The Balaban J connectivity index is 1.78. The van der Waals surface area contributed by atoms with Gasteiger partial charge < -0.3 is 9.67 Å². The van der Waals surface area contributed by atoms with Crippen LogP contribution in [0.3, 0.4) is 0 Å². The van der Waals surface area contributed by atoms with Crippen LogP contribution >= 0.6 is 0 Å². The number of carboxylic acids is 1. The smallest absolute Gasteiger partial charge is 0.352 e. The van der Waals surface area contributed by atoms with E-state index in [1.807, 2.05) is 30.3 Å². The van der Waals surface area contributed by atoms with E-state index in [9.17, 15) is 9.59 Å². The number of carbonyl (C=O) groups excluding carboxylic acids is 1. The fourth-order valence-corrected chi connectivity index (χ4v) is 2.68. The molecule has 2 unspecified atom stereocenters. The van der Waals surface area contributed by atoms with Crippen molar-refractivity contribution in [1.29, 1.82) is 0 Å². The average molecular weight is 269 g/mol. The van der Waals surface area contributed by atoms with Crippen molar-refractivity contribution >= 4 is 11.8 Å². The van der Waals surface area contributed by atoms with Crippen LogP contribution in [0.1, 0.15) is 38.7 Å². The lowest BCUT2D eigenvalue weighted by Crippen LogP contribution is -2.02. The monoisotopic (exact) mass is 269 g/mol. The molecule has 20 heavy (non-hydrogen) atoms. The first kappa shape index (κ1) is 12.7. The number of nitrogens with zero attached hydrogens (tertiary/aromatic N) is 1. The average Bonchev–Trinajstić information content (AvgIpc) is 3.14. The zero-order valence-electron chi connectivity index (χ0n) is 11.1. The molecule has 0 aliphatic heterocycles. The Bertz CT molecular complexity index is 672. The van der Waals surface area contributed by atoms with E-state index in [1.165, 1.54) is 16.2 Å².